The lowest BCUT2D eigenvalue weighted by Gasteiger charge is -2.35. The molecule has 0 spiro atoms. The number of hydrogen-bond donors (Lipinski definition) is 2. The van der Waals surface area contributed by atoms with Gasteiger partial charge in [-0.05, 0) is 61.4 Å². The van der Waals surface area contributed by atoms with E-state index in [0.29, 0.717) is 23.7 Å². The first-order valence-corrected chi connectivity index (χ1v) is 10.5. The fourth-order valence-electron chi connectivity index (χ4n) is 4.26. The van der Waals surface area contributed by atoms with Crippen molar-refractivity contribution in [1.29, 1.82) is 0 Å². The lowest BCUT2D eigenvalue weighted by molar-refractivity contribution is -0.111. The predicted octanol–water partition coefficient (Wildman–Crippen LogP) is 3.54. The molecule has 4 rings (SSSR count). The molecule has 1 aliphatic heterocycles. The number of aromatic nitrogens is 2. The number of rotatable bonds is 6. The summed E-state index contributed by atoms with van der Waals surface area (Å²) in [6, 6.07) is 5.95. The standard InChI is InChI=1S/C23H27N5O2/c1-3-15-12-24-23(25-13-15)27-17-6-5-7-19(10-17)28-14-16-8-9-18(26-21(29)4-2)11-20(16)22(28)30/h4,8-9,11-13,17,19H,2-3,5-7,10,14H2,1H3,(H,26,29)(H,24,25,27)/t17-,19+/m1/s1. The highest BCUT2D eigenvalue weighted by Crippen LogP contribution is 2.33. The van der Waals surface area contributed by atoms with Crippen LogP contribution in [0.2, 0.25) is 0 Å². The lowest BCUT2D eigenvalue weighted by atomic mass is 9.90. The fourth-order valence-corrected chi connectivity index (χ4v) is 4.26. The van der Waals surface area contributed by atoms with Gasteiger partial charge in [-0.25, -0.2) is 9.97 Å². The molecule has 2 N–H and O–H groups in total. The average molecular weight is 406 g/mol. The van der Waals surface area contributed by atoms with Gasteiger partial charge in [-0.2, -0.15) is 0 Å². The van der Waals surface area contributed by atoms with Crippen LogP contribution in [0.5, 0.6) is 0 Å². The van der Waals surface area contributed by atoms with Crippen molar-refractivity contribution in [2.24, 2.45) is 0 Å². The number of carbonyl (C=O) groups is 2. The number of carbonyl (C=O) groups excluding carboxylic acids is 2. The molecule has 1 aromatic heterocycles. The predicted molar refractivity (Wildman–Crippen MR) is 116 cm³/mol. The van der Waals surface area contributed by atoms with Gasteiger partial charge in [0.2, 0.25) is 11.9 Å². The second kappa shape index (κ2) is 8.65. The van der Waals surface area contributed by atoms with E-state index < -0.39 is 0 Å². The van der Waals surface area contributed by atoms with Crippen LogP contribution < -0.4 is 10.6 Å². The van der Waals surface area contributed by atoms with Crippen molar-refractivity contribution in [3.63, 3.8) is 0 Å². The number of nitrogens with zero attached hydrogens (tertiary/aromatic N) is 3. The van der Waals surface area contributed by atoms with E-state index in [0.717, 1.165) is 43.2 Å². The maximum atomic E-state index is 13.1. The maximum Gasteiger partial charge on any atom is 0.254 e. The Morgan fingerprint density at radius 3 is 2.83 bits per heavy atom. The number of hydrogen-bond acceptors (Lipinski definition) is 5. The van der Waals surface area contributed by atoms with Crippen LogP contribution in [0.3, 0.4) is 0 Å². The number of benzene rings is 1. The molecule has 1 fully saturated rings. The zero-order chi connectivity index (χ0) is 21.1. The summed E-state index contributed by atoms with van der Waals surface area (Å²) in [6.07, 6.45) is 9.82. The van der Waals surface area contributed by atoms with Crippen molar-refractivity contribution in [2.45, 2.75) is 57.7 Å². The molecule has 0 saturated heterocycles. The normalized spacial score (nSPS) is 20.6. The van der Waals surface area contributed by atoms with Crippen molar-refractivity contribution in [3.05, 3.63) is 59.9 Å². The number of amides is 2. The zero-order valence-corrected chi connectivity index (χ0v) is 17.2. The summed E-state index contributed by atoms with van der Waals surface area (Å²) in [5.74, 6) is 0.401. The lowest BCUT2D eigenvalue weighted by Crippen LogP contribution is -2.42. The van der Waals surface area contributed by atoms with Crippen LogP contribution in [0, 0.1) is 0 Å². The van der Waals surface area contributed by atoms with E-state index in [4.69, 9.17) is 0 Å². The summed E-state index contributed by atoms with van der Waals surface area (Å²) in [6.45, 7) is 6.16. The van der Waals surface area contributed by atoms with Crippen LogP contribution >= 0.6 is 0 Å². The highest BCUT2D eigenvalue weighted by Gasteiger charge is 2.35. The molecule has 1 aliphatic carbocycles. The van der Waals surface area contributed by atoms with Gasteiger partial charge >= 0.3 is 0 Å². The Kier molecular flexibility index (Phi) is 5.79. The first-order valence-electron chi connectivity index (χ1n) is 10.5. The van der Waals surface area contributed by atoms with Crippen LogP contribution in [-0.2, 0) is 17.8 Å². The highest BCUT2D eigenvalue weighted by atomic mass is 16.2. The van der Waals surface area contributed by atoms with Crippen LogP contribution in [0.1, 0.15) is 54.1 Å². The third kappa shape index (κ3) is 4.20. The SMILES string of the molecule is C=CC(=O)Nc1ccc2c(c1)C(=O)N([C@H]1CCC[C@@H](Nc3ncc(CC)cn3)C1)C2. The van der Waals surface area contributed by atoms with Crippen molar-refractivity contribution in [3.8, 4) is 0 Å². The van der Waals surface area contributed by atoms with E-state index >= 15 is 0 Å². The summed E-state index contributed by atoms with van der Waals surface area (Å²) in [5.41, 5.74) is 3.41. The average Bonchev–Trinajstić information content (AvgIpc) is 3.10. The molecule has 156 valence electrons. The second-order valence-corrected chi connectivity index (χ2v) is 7.93. The van der Waals surface area contributed by atoms with Gasteiger partial charge in [-0.1, -0.05) is 19.6 Å². The van der Waals surface area contributed by atoms with E-state index in [-0.39, 0.29) is 23.9 Å². The largest absolute Gasteiger partial charge is 0.351 e. The Bertz CT molecular complexity index is 957. The molecule has 0 bridgehead atoms. The molecule has 0 radical (unpaired) electrons. The van der Waals surface area contributed by atoms with Gasteiger partial charge in [0.25, 0.3) is 5.91 Å². The molecular formula is C23H27N5O2. The van der Waals surface area contributed by atoms with Crippen LogP contribution in [0.25, 0.3) is 0 Å². The summed E-state index contributed by atoms with van der Waals surface area (Å²) in [5, 5.41) is 6.17. The van der Waals surface area contributed by atoms with Gasteiger partial charge in [0.1, 0.15) is 0 Å². The number of fused-ring (bicyclic) bond motifs is 1. The van der Waals surface area contributed by atoms with Gasteiger partial charge in [0, 0.05) is 42.3 Å². The molecule has 0 unspecified atom stereocenters. The van der Waals surface area contributed by atoms with Gasteiger partial charge in [-0.3, -0.25) is 9.59 Å². The Balaban J connectivity index is 1.42. The first-order chi connectivity index (χ1) is 14.6. The van der Waals surface area contributed by atoms with E-state index in [2.05, 4.69) is 34.1 Å². The Morgan fingerprint density at radius 2 is 2.10 bits per heavy atom. The minimum absolute atomic E-state index is 0.0360. The molecule has 2 atom stereocenters. The third-order valence-corrected chi connectivity index (χ3v) is 5.93. The summed E-state index contributed by atoms with van der Waals surface area (Å²) >= 11 is 0. The summed E-state index contributed by atoms with van der Waals surface area (Å²) < 4.78 is 0. The maximum absolute atomic E-state index is 13.1. The van der Waals surface area contributed by atoms with Crippen LogP contribution in [0.4, 0.5) is 11.6 Å². The molecule has 30 heavy (non-hydrogen) atoms. The smallest absolute Gasteiger partial charge is 0.254 e. The molecule has 2 aliphatic rings. The summed E-state index contributed by atoms with van der Waals surface area (Å²) in [7, 11) is 0. The van der Waals surface area contributed by atoms with E-state index in [1.54, 1.807) is 6.07 Å². The van der Waals surface area contributed by atoms with Crippen LogP contribution in [-0.4, -0.2) is 38.8 Å². The Labute approximate surface area is 176 Å². The van der Waals surface area contributed by atoms with E-state index in [1.807, 2.05) is 29.4 Å². The quantitative estimate of drug-likeness (QED) is 0.718. The van der Waals surface area contributed by atoms with Crippen molar-refractivity contribution in [2.75, 3.05) is 10.6 Å². The topological polar surface area (TPSA) is 87.2 Å². The van der Waals surface area contributed by atoms with Gasteiger partial charge in [0.15, 0.2) is 0 Å². The van der Waals surface area contributed by atoms with Gasteiger partial charge in [-0.15, -0.1) is 0 Å². The van der Waals surface area contributed by atoms with Gasteiger partial charge < -0.3 is 15.5 Å². The summed E-state index contributed by atoms with van der Waals surface area (Å²) in [4.78, 5) is 35.4. The number of anilines is 2. The van der Waals surface area contributed by atoms with Gasteiger partial charge in [0.05, 0.1) is 0 Å². The molecule has 2 aromatic rings. The molecule has 1 saturated carbocycles. The van der Waals surface area contributed by atoms with Crippen molar-refractivity contribution < 1.29 is 9.59 Å². The molecule has 7 nitrogen and oxygen atoms in total. The fraction of sp³-hybridized carbons (Fsp3) is 0.391. The monoisotopic (exact) mass is 405 g/mol. The molecular weight excluding hydrogens is 378 g/mol. The van der Waals surface area contributed by atoms with E-state index in [1.165, 1.54) is 6.08 Å². The first kappa shape index (κ1) is 20.1. The number of aryl methyl sites for hydroxylation is 1. The second-order valence-electron chi connectivity index (χ2n) is 7.93. The Morgan fingerprint density at radius 1 is 1.30 bits per heavy atom. The van der Waals surface area contributed by atoms with E-state index in [9.17, 15) is 9.59 Å². The Hall–Kier alpha value is -3.22. The van der Waals surface area contributed by atoms with Crippen LogP contribution in [0.15, 0.2) is 43.2 Å². The number of nitrogens with one attached hydrogen (secondary N) is 2. The molecule has 7 heteroatoms. The minimum Gasteiger partial charge on any atom is -0.351 e. The van der Waals surface area contributed by atoms with Crippen molar-refractivity contribution in [1.82, 2.24) is 14.9 Å². The molecule has 2 amide bonds. The zero-order valence-electron chi connectivity index (χ0n) is 17.2. The molecule has 2 heterocycles. The third-order valence-electron chi connectivity index (χ3n) is 5.93. The highest BCUT2D eigenvalue weighted by molar-refractivity contribution is 6.02. The molecule has 1 aromatic carbocycles. The minimum atomic E-state index is -0.285. The van der Waals surface area contributed by atoms with Crippen molar-refractivity contribution >= 4 is 23.5 Å².